The van der Waals surface area contributed by atoms with Crippen LogP contribution < -0.4 is 5.32 Å². The van der Waals surface area contributed by atoms with Gasteiger partial charge in [-0.2, -0.15) is 0 Å². The highest BCUT2D eigenvalue weighted by Crippen LogP contribution is 2.17. The van der Waals surface area contributed by atoms with E-state index in [1.807, 2.05) is 54.6 Å². The predicted octanol–water partition coefficient (Wildman–Crippen LogP) is 3.16. The van der Waals surface area contributed by atoms with Crippen molar-refractivity contribution in [2.24, 2.45) is 0 Å². The Kier molecular flexibility index (Phi) is 7.00. The Bertz CT molecular complexity index is 689. The van der Waals surface area contributed by atoms with E-state index in [-0.39, 0.29) is 11.8 Å². The van der Waals surface area contributed by atoms with Gasteiger partial charge in [0.15, 0.2) is 0 Å². The number of amides is 2. The Morgan fingerprint density at radius 1 is 1.04 bits per heavy atom. The molecule has 126 valence electrons. The SMILES string of the molecule is CN(Cc1ccccc1Br)C(=O)CCNC(=O)Cc1ccccc1. The van der Waals surface area contributed by atoms with Gasteiger partial charge in [0.1, 0.15) is 0 Å². The third kappa shape index (κ3) is 5.81. The van der Waals surface area contributed by atoms with E-state index >= 15 is 0 Å². The van der Waals surface area contributed by atoms with E-state index in [1.54, 1.807) is 11.9 Å². The van der Waals surface area contributed by atoms with Crippen LogP contribution in [0.5, 0.6) is 0 Å². The summed E-state index contributed by atoms with van der Waals surface area (Å²) in [6.45, 7) is 0.892. The third-order valence-electron chi connectivity index (χ3n) is 3.66. The number of rotatable bonds is 7. The van der Waals surface area contributed by atoms with E-state index < -0.39 is 0 Å². The van der Waals surface area contributed by atoms with Crippen molar-refractivity contribution in [2.45, 2.75) is 19.4 Å². The Labute approximate surface area is 151 Å². The number of carbonyl (C=O) groups is 2. The van der Waals surface area contributed by atoms with Gasteiger partial charge in [0.05, 0.1) is 6.42 Å². The fourth-order valence-electron chi connectivity index (χ4n) is 2.31. The van der Waals surface area contributed by atoms with Crippen LogP contribution in [0.2, 0.25) is 0 Å². The fourth-order valence-corrected chi connectivity index (χ4v) is 2.72. The van der Waals surface area contributed by atoms with Crippen molar-refractivity contribution in [2.75, 3.05) is 13.6 Å². The number of nitrogens with zero attached hydrogens (tertiary/aromatic N) is 1. The molecule has 1 N–H and O–H groups in total. The van der Waals surface area contributed by atoms with Gasteiger partial charge < -0.3 is 10.2 Å². The zero-order valence-electron chi connectivity index (χ0n) is 13.7. The van der Waals surface area contributed by atoms with Gasteiger partial charge in [-0.05, 0) is 17.2 Å². The summed E-state index contributed by atoms with van der Waals surface area (Å²) in [6, 6.07) is 17.4. The molecule has 0 heterocycles. The lowest BCUT2D eigenvalue weighted by Gasteiger charge is -2.18. The van der Waals surface area contributed by atoms with Crippen molar-refractivity contribution in [3.05, 3.63) is 70.2 Å². The zero-order chi connectivity index (χ0) is 17.4. The largest absolute Gasteiger partial charge is 0.355 e. The van der Waals surface area contributed by atoms with Crippen LogP contribution in [0.15, 0.2) is 59.1 Å². The first-order valence-corrected chi connectivity index (χ1v) is 8.63. The van der Waals surface area contributed by atoms with Crippen LogP contribution >= 0.6 is 15.9 Å². The van der Waals surface area contributed by atoms with Crippen molar-refractivity contribution in [1.82, 2.24) is 10.2 Å². The van der Waals surface area contributed by atoms with Gasteiger partial charge >= 0.3 is 0 Å². The molecule has 0 atom stereocenters. The van der Waals surface area contributed by atoms with Crippen LogP contribution in [-0.4, -0.2) is 30.3 Å². The molecule has 0 aliphatic carbocycles. The quantitative estimate of drug-likeness (QED) is 0.791. The minimum atomic E-state index is -0.0672. The van der Waals surface area contributed by atoms with Gasteiger partial charge in [0.2, 0.25) is 11.8 Å². The van der Waals surface area contributed by atoms with Crippen molar-refractivity contribution in [1.29, 1.82) is 0 Å². The molecule has 0 saturated heterocycles. The molecular weight excluding hydrogens is 368 g/mol. The average Bonchev–Trinajstić information content (AvgIpc) is 2.57. The number of nitrogens with one attached hydrogen (secondary N) is 1. The van der Waals surface area contributed by atoms with Gasteiger partial charge in [0.25, 0.3) is 0 Å². The van der Waals surface area contributed by atoms with E-state index in [1.165, 1.54) is 0 Å². The van der Waals surface area contributed by atoms with Crippen molar-refractivity contribution >= 4 is 27.7 Å². The summed E-state index contributed by atoms with van der Waals surface area (Å²) in [5, 5.41) is 2.80. The maximum absolute atomic E-state index is 12.2. The monoisotopic (exact) mass is 388 g/mol. The maximum Gasteiger partial charge on any atom is 0.224 e. The molecule has 0 bridgehead atoms. The van der Waals surface area contributed by atoms with Crippen LogP contribution in [-0.2, 0) is 22.6 Å². The molecule has 0 aliphatic rings. The summed E-state index contributed by atoms with van der Waals surface area (Å²) in [5.41, 5.74) is 2.02. The van der Waals surface area contributed by atoms with E-state index in [9.17, 15) is 9.59 Å². The summed E-state index contributed by atoms with van der Waals surface area (Å²) in [4.78, 5) is 25.7. The molecule has 2 amide bonds. The maximum atomic E-state index is 12.2. The zero-order valence-corrected chi connectivity index (χ0v) is 15.3. The fraction of sp³-hybridized carbons (Fsp3) is 0.263. The van der Waals surface area contributed by atoms with Crippen LogP contribution in [0.4, 0.5) is 0 Å². The van der Waals surface area contributed by atoms with Crippen molar-refractivity contribution < 1.29 is 9.59 Å². The first-order valence-electron chi connectivity index (χ1n) is 7.84. The summed E-state index contributed by atoms with van der Waals surface area (Å²) in [7, 11) is 1.77. The second kappa shape index (κ2) is 9.23. The van der Waals surface area contributed by atoms with Crippen molar-refractivity contribution in [3.8, 4) is 0 Å². The van der Waals surface area contributed by atoms with Gasteiger partial charge in [-0.1, -0.05) is 64.5 Å². The number of carbonyl (C=O) groups excluding carboxylic acids is 2. The Morgan fingerprint density at radius 3 is 2.42 bits per heavy atom. The number of halogens is 1. The molecule has 5 heteroatoms. The van der Waals surface area contributed by atoms with Crippen LogP contribution in [0, 0.1) is 0 Å². The highest BCUT2D eigenvalue weighted by atomic mass is 79.9. The van der Waals surface area contributed by atoms with E-state index in [4.69, 9.17) is 0 Å². The Balaban J connectivity index is 1.72. The molecule has 0 radical (unpaired) electrons. The van der Waals surface area contributed by atoms with Crippen LogP contribution in [0.25, 0.3) is 0 Å². The molecule has 24 heavy (non-hydrogen) atoms. The summed E-state index contributed by atoms with van der Waals surface area (Å²) >= 11 is 3.48. The topological polar surface area (TPSA) is 49.4 Å². The molecule has 0 saturated carbocycles. The van der Waals surface area contributed by atoms with Crippen LogP contribution in [0.3, 0.4) is 0 Å². The third-order valence-corrected chi connectivity index (χ3v) is 4.43. The molecule has 0 unspecified atom stereocenters. The van der Waals surface area contributed by atoms with E-state index in [0.29, 0.717) is 25.9 Å². The van der Waals surface area contributed by atoms with Crippen molar-refractivity contribution in [3.63, 3.8) is 0 Å². The summed E-state index contributed by atoms with van der Waals surface area (Å²) in [6.07, 6.45) is 0.628. The summed E-state index contributed by atoms with van der Waals surface area (Å²) < 4.78 is 0.987. The first-order chi connectivity index (χ1) is 11.6. The molecule has 2 aromatic rings. The molecule has 4 nitrogen and oxygen atoms in total. The molecule has 2 aromatic carbocycles. The number of hydrogen-bond acceptors (Lipinski definition) is 2. The van der Waals surface area contributed by atoms with Gasteiger partial charge in [-0.3, -0.25) is 9.59 Å². The molecule has 0 aromatic heterocycles. The Morgan fingerprint density at radius 2 is 1.71 bits per heavy atom. The lowest BCUT2D eigenvalue weighted by Crippen LogP contribution is -2.32. The number of hydrogen-bond donors (Lipinski definition) is 1. The van der Waals surface area contributed by atoms with E-state index in [2.05, 4.69) is 21.2 Å². The molecule has 2 rings (SSSR count). The first kappa shape index (κ1) is 18.2. The predicted molar refractivity (Wildman–Crippen MR) is 98.4 cm³/mol. The van der Waals surface area contributed by atoms with Gasteiger partial charge in [-0.25, -0.2) is 0 Å². The Hall–Kier alpha value is -2.14. The highest BCUT2D eigenvalue weighted by Gasteiger charge is 2.11. The van der Waals surface area contributed by atoms with Gasteiger partial charge in [-0.15, -0.1) is 0 Å². The second-order valence-corrected chi connectivity index (χ2v) is 6.46. The minimum Gasteiger partial charge on any atom is -0.355 e. The minimum absolute atomic E-state index is 0.00534. The smallest absolute Gasteiger partial charge is 0.224 e. The molecule has 0 spiro atoms. The normalized spacial score (nSPS) is 10.2. The van der Waals surface area contributed by atoms with Crippen LogP contribution in [0.1, 0.15) is 17.5 Å². The number of benzene rings is 2. The molecule has 0 fully saturated rings. The second-order valence-electron chi connectivity index (χ2n) is 5.60. The lowest BCUT2D eigenvalue weighted by molar-refractivity contribution is -0.130. The lowest BCUT2D eigenvalue weighted by atomic mass is 10.1. The standard InChI is InChI=1S/C19H21BrN2O2/c1-22(14-16-9-5-6-10-17(16)20)19(24)11-12-21-18(23)13-15-7-3-2-4-8-15/h2-10H,11-14H2,1H3,(H,21,23). The van der Waals surface area contributed by atoms with Gasteiger partial charge in [0, 0.05) is 31.0 Å². The average molecular weight is 389 g/mol. The highest BCUT2D eigenvalue weighted by molar-refractivity contribution is 9.10. The molecular formula is C19H21BrN2O2. The summed E-state index contributed by atoms with van der Waals surface area (Å²) in [5.74, 6) is -0.0618. The van der Waals surface area contributed by atoms with E-state index in [0.717, 1.165) is 15.6 Å². The molecule has 0 aliphatic heterocycles.